The molecule has 0 radical (unpaired) electrons. The number of pyridine rings is 1. The molecular formula is C16H16ClN5S. The summed E-state index contributed by atoms with van der Waals surface area (Å²) in [4.78, 5) is 12.8. The van der Waals surface area contributed by atoms with E-state index in [1.807, 2.05) is 59.3 Å². The Hall–Kier alpha value is -2.18. The molecule has 23 heavy (non-hydrogen) atoms. The van der Waals surface area contributed by atoms with Crippen molar-refractivity contribution in [3.63, 3.8) is 0 Å². The summed E-state index contributed by atoms with van der Waals surface area (Å²) in [5.41, 5.74) is 0.856. The molecule has 118 valence electrons. The summed E-state index contributed by atoms with van der Waals surface area (Å²) < 4.78 is 0. The van der Waals surface area contributed by atoms with Crippen LogP contribution in [-0.2, 0) is 0 Å². The summed E-state index contributed by atoms with van der Waals surface area (Å²) >= 11 is 11.5. The SMILES string of the molecule is CN(C1=NCCN1C(=S)Nc1cccc(Cl)c1)c1ccccn1. The van der Waals surface area contributed by atoms with Crippen molar-refractivity contribution < 1.29 is 0 Å². The third-order valence-corrected chi connectivity index (χ3v) is 3.99. The smallest absolute Gasteiger partial charge is 0.208 e. The number of rotatable bonds is 2. The van der Waals surface area contributed by atoms with Crippen LogP contribution in [0.4, 0.5) is 11.5 Å². The number of guanidine groups is 1. The van der Waals surface area contributed by atoms with E-state index in [0.717, 1.165) is 24.0 Å². The number of nitrogens with zero attached hydrogens (tertiary/aromatic N) is 4. The van der Waals surface area contributed by atoms with E-state index in [9.17, 15) is 0 Å². The topological polar surface area (TPSA) is 43.8 Å². The molecule has 2 heterocycles. The zero-order valence-electron chi connectivity index (χ0n) is 12.6. The van der Waals surface area contributed by atoms with Gasteiger partial charge in [-0.3, -0.25) is 14.8 Å². The maximum atomic E-state index is 6.01. The first kappa shape index (κ1) is 15.7. The molecule has 0 spiro atoms. The number of nitrogens with one attached hydrogen (secondary N) is 1. The minimum Gasteiger partial charge on any atom is -0.332 e. The Kier molecular flexibility index (Phi) is 4.73. The molecule has 1 aromatic heterocycles. The van der Waals surface area contributed by atoms with Gasteiger partial charge in [0.1, 0.15) is 5.82 Å². The van der Waals surface area contributed by atoms with Crippen LogP contribution >= 0.6 is 23.8 Å². The second kappa shape index (κ2) is 6.93. The summed E-state index contributed by atoms with van der Waals surface area (Å²) in [5, 5.41) is 4.46. The van der Waals surface area contributed by atoms with Crippen LogP contribution in [-0.4, -0.2) is 41.1 Å². The highest BCUT2D eigenvalue weighted by atomic mass is 35.5. The minimum absolute atomic E-state index is 0.589. The van der Waals surface area contributed by atoms with E-state index in [1.165, 1.54) is 0 Å². The van der Waals surface area contributed by atoms with Crippen LogP contribution in [0.15, 0.2) is 53.7 Å². The van der Waals surface area contributed by atoms with Crippen LogP contribution in [0.25, 0.3) is 0 Å². The monoisotopic (exact) mass is 345 g/mol. The van der Waals surface area contributed by atoms with Crippen molar-refractivity contribution in [1.82, 2.24) is 9.88 Å². The van der Waals surface area contributed by atoms with E-state index in [1.54, 1.807) is 6.20 Å². The maximum Gasteiger partial charge on any atom is 0.208 e. The van der Waals surface area contributed by atoms with Crippen LogP contribution in [0.1, 0.15) is 0 Å². The van der Waals surface area contributed by atoms with Crippen molar-refractivity contribution in [3.8, 4) is 0 Å². The number of hydrogen-bond donors (Lipinski definition) is 1. The lowest BCUT2D eigenvalue weighted by molar-refractivity contribution is 0.664. The van der Waals surface area contributed by atoms with Gasteiger partial charge in [-0.25, -0.2) is 4.98 Å². The summed E-state index contributed by atoms with van der Waals surface area (Å²) in [5.74, 6) is 1.60. The van der Waals surface area contributed by atoms with Crippen LogP contribution in [0.3, 0.4) is 0 Å². The Labute approximate surface area is 145 Å². The molecule has 5 nitrogen and oxygen atoms in total. The fraction of sp³-hybridized carbons (Fsp3) is 0.188. The minimum atomic E-state index is 0.589. The fourth-order valence-corrected chi connectivity index (χ4v) is 2.81. The highest BCUT2D eigenvalue weighted by Crippen LogP contribution is 2.18. The van der Waals surface area contributed by atoms with Crippen molar-refractivity contribution >= 4 is 46.4 Å². The maximum absolute atomic E-state index is 6.01. The Bertz CT molecular complexity index is 734. The van der Waals surface area contributed by atoms with E-state index in [2.05, 4.69) is 15.3 Å². The van der Waals surface area contributed by atoms with Gasteiger partial charge in [-0.05, 0) is 42.5 Å². The van der Waals surface area contributed by atoms with Crippen molar-refractivity contribution in [3.05, 3.63) is 53.7 Å². The van der Waals surface area contributed by atoms with E-state index < -0.39 is 0 Å². The first-order valence-corrected chi connectivity index (χ1v) is 7.97. The number of hydrogen-bond acceptors (Lipinski definition) is 4. The van der Waals surface area contributed by atoms with Gasteiger partial charge >= 0.3 is 0 Å². The molecule has 0 fully saturated rings. The third kappa shape index (κ3) is 3.60. The van der Waals surface area contributed by atoms with Crippen LogP contribution in [0, 0.1) is 0 Å². The Morgan fingerprint density at radius 3 is 2.91 bits per heavy atom. The molecular weight excluding hydrogens is 330 g/mol. The molecule has 0 amide bonds. The second-order valence-corrected chi connectivity index (χ2v) is 5.84. The average molecular weight is 346 g/mol. The van der Waals surface area contributed by atoms with Crippen molar-refractivity contribution in [2.24, 2.45) is 4.99 Å². The standard InChI is InChI=1S/C16H16ClN5S/c1-21(14-7-2-3-8-18-14)15-19-9-10-22(15)16(23)20-13-6-4-5-12(17)11-13/h2-8,11H,9-10H2,1H3,(H,20,23). The molecule has 0 atom stereocenters. The van der Waals surface area contributed by atoms with Crippen molar-refractivity contribution in [1.29, 1.82) is 0 Å². The lowest BCUT2D eigenvalue weighted by Gasteiger charge is -2.27. The van der Waals surface area contributed by atoms with E-state index >= 15 is 0 Å². The number of thiocarbonyl (C=S) groups is 1. The largest absolute Gasteiger partial charge is 0.332 e. The van der Waals surface area contributed by atoms with Crippen LogP contribution in [0.5, 0.6) is 0 Å². The molecule has 7 heteroatoms. The molecule has 2 aromatic rings. The summed E-state index contributed by atoms with van der Waals surface area (Å²) in [6.45, 7) is 1.43. The van der Waals surface area contributed by atoms with Gasteiger partial charge in [-0.15, -0.1) is 0 Å². The molecule has 3 rings (SSSR count). The van der Waals surface area contributed by atoms with E-state index in [4.69, 9.17) is 23.8 Å². The zero-order valence-corrected chi connectivity index (χ0v) is 14.2. The highest BCUT2D eigenvalue weighted by Gasteiger charge is 2.25. The quantitative estimate of drug-likeness (QED) is 0.846. The predicted molar refractivity (Wildman–Crippen MR) is 99.3 cm³/mol. The summed E-state index contributed by atoms with van der Waals surface area (Å²) in [7, 11) is 1.93. The number of aliphatic imine (C=N–C) groups is 1. The van der Waals surface area contributed by atoms with Crippen LogP contribution < -0.4 is 10.2 Å². The van der Waals surface area contributed by atoms with Gasteiger partial charge in [0.15, 0.2) is 5.11 Å². The number of aromatic nitrogens is 1. The molecule has 0 bridgehead atoms. The van der Waals surface area contributed by atoms with Crippen LogP contribution in [0.2, 0.25) is 5.02 Å². The Morgan fingerprint density at radius 1 is 1.30 bits per heavy atom. The molecule has 1 N–H and O–H groups in total. The fourth-order valence-electron chi connectivity index (χ4n) is 2.33. The predicted octanol–water partition coefficient (Wildman–Crippen LogP) is 3.24. The zero-order chi connectivity index (χ0) is 16.2. The first-order chi connectivity index (χ1) is 11.1. The first-order valence-electron chi connectivity index (χ1n) is 7.18. The molecule has 0 unspecified atom stereocenters. The Balaban J connectivity index is 1.74. The lowest BCUT2D eigenvalue weighted by atomic mass is 10.3. The average Bonchev–Trinajstić information content (AvgIpc) is 3.05. The van der Waals surface area contributed by atoms with Gasteiger partial charge in [0.2, 0.25) is 5.96 Å². The third-order valence-electron chi connectivity index (χ3n) is 3.43. The lowest BCUT2D eigenvalue weighted by Crippen LogP contribution is -2.45. The van der Waals surface area contributed by atoms with Gasteiger partial charge in [-0.1, -0.05) is 23.7 Å². The summed E-state index contributed by atoms with van der Waals surface area (Å²) in [6.07, 6.45) is 1.76. The van der Waals surface area contributed by atoms with E-state index in [-0.39, 0.29) is 0 Å². The van der Waals surface area contributed by atoms with Gasteiger partial charge in [-0.2, -0.15) is 0 Å². The number of benzene rings is 1. The number of anilines is 2. The molecule has 1 aromatic carbocycles. The van der Waals surface area contributed by atoms with Crippen molar-refractivity contribution in [2.45, 2.75) is 0 Å². The van der Waals surface area contributed by atoms with Gasteiger partial charge in [0.05, 0.1) is 6.54 Å². The Morgan fingerprint density at radius 2 is 2.17 bits per heavy atom. The molecule has 1 aliphatic rings. The summed E-state index contributed by atoms with van der Waals surface area (Å²) in [6, 6.07) is 13.2. The normalized spacial score (nSPS) is 13.7. The second-order valence-electron chi connectivity index (χ2n) is 5.02. The number of halogens is 1. The van der Waals surface area contributed by atoms with Gasteiger partial charge < -0.3 is 5.32 Å². The molecule has 0 saturated carbocycles. The van der Waals surface area contributed by atoms with Crippen molar-refractivity contribution in [2.75, 3.05) is 30.4 Å². The molecule has 1 aliphatic heterocycles. The van der Waals surface area contributed by atoms with Gasteiger partial charge in [0, 0.05) is 30.5 Å². The van der Waals surface area contributed by atoms with Gasteiger partial charge in [0.25, 0.3) is 0 Å². The molecule has 0 saturated heterocycles. The van der Waals surface area contributed by atoms with E-state index in [0.29, 0.717) is 16.7 Å². The molecule has 0 aliphatic carbocycles. The highest BCUT2D eigenvalue weighted by molar-refractivity contribution is 7.80.